The SMILES string of the molecule is CCC(CC)C(N)CNC(=O)NC1CC1. The molecule has 0 radical (unpaired) electrons. The van der Waals surface area contributed by atoms with Crippen LogP contribution in [-0.2, 0) is 0 Å². The Balaban J connectivity index is 2.13. The van der Waals surface area contributed by atoms with E-state index >= 15 is 0 Å². The number of carbonyl (C=O) groups is 1. The predicted molar refractivity (Wildman–Crippen MR) is 61.6 cm³/mol. The molecule has 1 aliphatic carbocycles. The molecule has 4 N–H and O–H groups in total. The highest BCUT2D eigenvalue weighted by atomic mass is 16.2. The summed E-state index contributed by atoms with van der Waals surface area (Å²) in [4.78, 5) is 11.3. The van der Waals surface area contributed by atoms with Crippen LogP contribution in [0.25, 0.3) is 0 Å². The lowest BCUT2D eigenvalue weighted by molar-refractivity contribution is 0.238. The summed E-state index contributed by atoms with van der Waals surface area (Å²) in [6.45, 7) is 4.85. The number of rotatable bonds is 6. The van der Waals surface area contributed by atoms with Crippen molar-refractivity contribution in [1.82, 2.24) is 10.6 Å². The number of nitrogens with two attached hydrogens (primary N) is 1. The average molecular weight is 213 g/mol. The molecule has 0 aromatic carbocycles. The molecule has 2 amide bonds. The third kappa shape index (κ3) is 4.51. The van der Waals surface area contributed by atoms with Gasteiger partial charge in [-0.15, -0.1) is 0 Å². The average Bonchev–Trinajstić information content (AvgIpc) is 3.00. The molecule has 0 aromatic heterocycles. The first kappa shape index (κ1) is 12.3. The van der Waals surface area contributed by atoms with Crippen molar-refractivity contribution in [2.24, 2.45) is 11.7 Å². The summed E-state index contributed by atoms with van der Waals surface area (Å²) in [7, 11) is 0. The van der Waals surface area contributed by atoms with Crippen molar-refractivity contribution in [1.29, 1.82) is 0 Å². The Morgan fingerprint density at radius 2 is 2.00 bits per heavy atom. The molecule has 1 rings (SSSR count). The first-order valence-electron chi connectivity index (χ1n) is 5.97. The Labute approximate surface area is 92.0 Å². The van der Waals surface area contributed by atoms with Gasteiger partial charge in [0, 0.05) is 18.6 Å². The fourth-order valence-electron chi connectivity index (χ4n) is 1.74. The van der Waals surface area contributed by atoms with Crippen LogP contribution in [0.1, 0.15) is 39.5 Å². The number of nitrogens with one attached hydrogen (secondary N) is 2. The van der Waals surface area contributed by atoms with E-state index in [0.717, 1.165) is 25.7 Å². The zero-order chi connectivity index (χ0) is 11.3. The molecule has 4 nitrogen and oxygen atoms in total. The van der Waals surface area contributed by atoms with Crippen LogP contribution in [0.15, 0.2) is 0 Å². The summed E-state index contributed by atoms with van der Waals surface area (Å²) in [5.74, 6) is 0.506. The molecule has 1 saturated carbocycles. The second-order valence-electron chi connectivity index (χ2n) is 4.37. The molecule has 15 heavy (non-hydrogen) atoms. The zero-order valence-electron chi connectivity index (χ0n) is 9.75. The van der Waals surface area contributed by atoms with E-state index in [2.05, 4.69) is 24.5 Å². The maximum absolute atomic E-state index is 11.3. The summed E-state index contributed by atoms with van der Waals surface area (Å²) in [6, 6.07) is 0.415. The van der Waals surface area contributed by atoms with Gasteiger partial charge in [-0.1, -0.05) is 26.7 Å². The van der Waals surface area contributed by atoms with Crippen molar-refractivity contribution in [3.05, 3.63) is 0 Å². The molecule has 1 aliphatic rings. The Morgan fingerprint density at radius 1 is 1.40 bits per heavy atom. The molecule has 1 fully saturated rings. The summed E-state index contributed by atoms with van der Waals surface area (Å²) in [5.41, 5.74) is 5.99. The zero-order valence-corrected chi connectivity index (χ0v) is 9.75. The van der Waals surface area contributed by atoms with Crippen LogP contribution < -0.4 is 16.4 Å². The Bertz CT molecular complexity index is 200. The van der Waals surface area contributed by atoms with Gasteiger partial charge in [-0.2, -0.15) is 0 Å². The molecule has 0 saturated heterocycles. The van der Waals surface area contributed by atoms with Crippen molar-refractivity contribution >= 4 is 6.03 Å². The topological polar surface area (TPSA) is 67.1 Å². The highest BCUT2D eigenvalue weighted by Gasteiger charge is 2.23. The van der Waals surface area contributed by atoms with Gasteiger partial charge in [0.1, 0.15) is 0 Å². The normalized spacial score (nSPS) is 17.6. The number of amides is 2. The quantitative estimate of drug-likeness (QED) is 0.621. The summed E-state index contributed by atoms with van der Waals surface area (Å²) >= 11 is 0. The predicted octanol–water partition coefficient (Wildman–Crippen LogP) is 1.21. The second-order valence-corrected chi connectivity index (χ2v) is 4.37. The highest BCUT2D eigenvalue weighted by molar-refractivity contribution is 5.74. The van der Waals surface area contributed by atoms with Crippen molar-refractivity contribution < 1.29 is 4.79 Å². The molecule has 1 atom stereocenters. The second kappa shape index (κ2) is 5.95. The van der Waals surface area contributed by atoms with E-state index in [9.17, 15) is 4.79 Å². The number of hydrogen-bond donors (Lipinski definition) is 3. The number of carbonyl (C=O) groups excluding carboxylic acids is 1. The summed E-state index contributed by atoms with van der Waals surface area (Å²) in [6.07, 6.45) is 4.38. The largest absolute Gasteiger partial charge is 0.337 e. The smallest absolute Gasteiger partial charge is 0.315 e. The van der Waals surface area contributed by atoms with Crippen LogP contribution in [0.2, 0.25) is 0 Å². The van der Waals surface area contributed by atoms with E-state index in [0.29, 0.717) is 18.5 Å². The van der Waals surface area contributed by atoms with Crippen LogP contribution >= 0.6 is 0 Å². The molecule has 0 bridgehead atoms. The van der Waals surface area contributed by atoms with Crippen molar-refractivity contribution in [3.63, 3.8) is 0 Å². The van der Waals surface area contributed by atoms with Gasteiger partial charge in [0.05, 0.1) is 0 Å². The fraction of sp³-hybridized carbons (Fsp3) is 0.909. The minimum Gasteiger partial charge on any atom is -0.337 e. The van der Waals surface area contributed by atoms with Crippen LogP contribution in [-0.4, -0.2) is 24.7 Å². The molecule has 0 heterocycles. The third-order valence-corrected chi connectivity index (χ3v) is 3.07. The fourth-order valence-corrected chi connectivity index (χ4v) is 1.74. The summed E-state index contributed by atoms with van der Waals surface area (Å²) < 4.78 is 0. The Kier molecular flexibility index (Phi) is 4.88. The van der Waals surface area contributed by atoms with E-state index in [1.54, 1.807) is 0 Å². The van der Waals surface area contributed by atoms with Gasteiger partial charge in [0.25, 0.3) is 0 Å². The van der Waals surface area contributed by atoms with Crippen molar-refractivity contribution in [2.75, 3.05) is 6.54 Å². The maximum atomic E-state index is 11.3. The molecular weight excluding hydrogens is 190 g/mol. The molecule has 1 unspecified atom stereocenters. The van der Waals surface area contributed by atoms with E-state index < -0.39 is 0 Å². The van der Waals surface area contributed by atoms with Crippen LogP contribution in [0.4, 0.5) is 4.79 Å². The summed E-state index contributed by atoms with van der Waals surface area (Å²) in [5, 5.41) is 5.71. The Morgan fingerprint density at radius 3 is 2.47 bits per heavy atom. The number of hydrogen-bond acceptors (Lipinski definition) is 2. The molecule has 4 heteroatoms. The third-order valence-electron chi connectivity index (χ3n) is 3.07. The maximum Gasteiger partial charge on any atom is 0.315 e. The van der Waals surface area contributed by atoms with E-state index in [-0.39, 0.29) is 12.1 Å². The van der Waals surface area contributed by atoms with E-state index in [1.807, 2.05) is 0 Å². The first-order valence-corrected chi connectivity index (χ1v) is 5.97. The molecule has 0 aliphatic heterocycles. The van der Waals surface area contributed by atoms with Crippen LogP contribution in [0, 0.1) is 5.92 Å². The van der Waals surface area contributed by atoms with Crippen molar-refractivity contribution in [2.45, 2.75) is 51.6 Å². The van der Waals surface area contributed by atoms with Gasteiger partial charge in [0.15, 0.2) is 0 Å². The molecular formula is C11H23N3O. The molecule has 88 valence electrons. The van der Waals surface area contributed by atoms with E-state index in [4.69, 9.17) is 5.73 Å². The first-order chi connectivity index (χ1) is 7.17. The molecule has 0 spiro atoms. The highest BCUT2D eigenvalue weighted by Crippen LogP contribution is 2.18. The minimum absolute atomic E-state index is 0.0705. The van der Waals surface area contributed by atoms with Gasteiger partial charge >= 0.3 is 6.03 Å². The van der Waals surface area contributed by atoms with Crippen LogP contribution in [0.3, 0.4) is 0 Å². The van der Waals surface area contributed by atoms with Gasteiger partial charge in [-0.25, -0.2) is 4.79 Å². The lowest BCUT2D eigenvalue weighted by atomic mass is 9.95. The van der Waals surface area contributed by atoms with Gasteiger partial charge in [0.2, 0.25) is 0 Å². The van der Waals surface area contributed by atoms with Gasteiger partial charge in [-0.05, 0) is 18.8 Å². The standard InChI is InChI=1S/C11H23N3O/c1-3-8(4-2)10(12)7-13-11(15)14-9-5-6-9/h8-10H,3-7,12H2,1-2H3,(H2,13,14,15). The van der Waals surface area contributed by atoms with Crippen LogP contribution in [0.5, 0.6) is 0 Å². The Hall–Kier alpha value is -0.770. The monoisotopic (exact) mass is 213 g/mol. The van der Waals surface area contributed by atoms with Crippen molar-refractivity contribution in [3.8, 4) is 0 Å². The number of urea groups is 1. The lowest BCUT2D eigenvalue weighted by Gasteiger charge is -2.21. The lowest BCUT2D eigenvalue weighted by Crippen LogP contribution is -2.45. The van der Waals surface area contributed by atoms with E-state index in [1.165, 1.54) is 0 Å². The van der Waals surface area contributed by atoms with Gasteiger partial charge < -0.3 is 16.4 Å². The molecule has 0 aromatic rings. The van der Waals surface area contributed by atoms with Gasteiger partial charge in [-0.3, -0.25) is 0 Å². The minimum atomic E-state index is -0.0705.